The number of nitriles is 1. The minimum Gasteiger partial charge on any atom is -0.462 e. The topological polar surface area (TPSA) is 86.6 Å². The van der Waals surface area contributed by atoms with Crippen LogP contribution < -0.4 is 10.2 Å². The van der Waals surface area contributed by atoms with Crippen molar-refractivity contribution in [2.75, 3.05) is 11.4 Å². The van der Waals surface area contributed by atoms with Gasteiger partial charge in [0.2, 0.25) is 5.91 Å². The molecule has 0 aromatic carbocycles. The Hall–Kier alpha value is -3.27. The van der Waals surface area contributed by atoms with E-state index in [9.17, 15) is 10.1 Å². The first kappa shape index (κ1) is 16.2. The zero-order valence-electron chi connectivity index (χ0n) is 14.5. The molecule has 132 valence electrons. The Morgan fingerprint density at radius 1 is 1.42 bits per heavy atom. The monoisotopic (exact) mass is 349 g/mol. The van der Waals surface area contributed by atoms with Crippen molar-refractivity contribution in [2.24, 2.45) is 0 Å². The summed E-state index contributed by atoms with van der Waals surface area (Å²) in [5.41, 5.74) is 1.30. The summed E-state index contributed by atoms with van der Waals surface area (Å²) in [7, 11) is 0. The van der Waals surface area contributed by atoms with E-state index in [1.807, 2.05) is 40.9 Å². The molecule has 0 radical (unpaired) electrons. The molecule has 0 saturated carbocycles. The molecule has 4 heterocycles. The summed E-state index contributed by atoms with van der Waals surface area (Å²) in [5.74, 6) is 2.16. The van der Waals surface area contributed by atoms with Crippen LogP contribution in [0.2, 0.25) is 0 Å². The number of carbonyl (C=O) groups is 1. The molecule has 7 nitrogen and oxygen atoms in total. The molecule has 1 aliphatic heterocycles. The van der Waals surface area contributed by atoms with Crippen LogP contribution in [0.4, 0.5) is 5.82 Å². The fraction of sp³-hybridized carbons (Fsp3) is 0.316. The highest BCUT2D eigenvalue weighted by atomic mass is 16.3. The Morgan fingerprint density at radius 2 is 2.31 bits per heavy atom. The number of anilines is 1. The summed E-state index contributed by atoms with van der Waals surface area (Å²) in [6.07, 6.45) is 3.80. The van der Waals surface area contributed by atoms with Gasteiger partial charge in [0, 0.05) is 19.7 Å². The van der Waals surface area contributed by atoms with Crippen molar-refractivity contribution < 1.29 is 9.21 Å². The van der Waals surface area contributed by atoms with Gasteiger partial charge in [-0.1, -0.05) is 6.07 Å². The van der Waals surface area contributed by atoms with E-state index in [1.54, 1.807) is 0 Å². The lowest BCUT2D eigenvalue weighted by Crippen LogP contribution is -2.23. The molecule has 3 aromatic rings. The van der Waals surface area contributed by atoms with Crippen molar-refractivity contribution in [1.82, 2.24) is 14.7 Å². The Labute approximate surface area is 150 Å². The average Bonchev–Trinajstić information content (AvgIpc) is 3.36. The third-order valence-corrected chi connectivity index (χ3v) is 4.66. The molecule has 3 aromatic heterocycles. The third kappa shape index (κ3) is 2.80. The second kappa shape index (κ2) is 6.56. The predicted octanol–water partition coefficient (Wildman–Crippen LogP) is 2.78. The summed E-state index contributed by atoms with van der Waals surface area (Å²) in [6.45, 7) is 2.68. The van der Waals surface area contributed by atoms with Crippen LogP contribution in [0.1, 0.15) is 43.0 Å². The van der Waals surface area contributed by atoms with E-state index in [1.165, 1.54) is 6.92 Å². The maximum absolute atomic E-state index is 11.1. The van der Waals surface area contributed by atoms with Crippen molar-refractivity contribution in [3.63, 3.8) is 0 Å². The number of pyridine rings is 1. The van der Waals surface area contributed by atoms with E-state index >= 15 is 0 Å². The number of fused-ring (bicyclic) bond motifs is 1. The van der Waals surface area contributed by atoms with Gasteiger partial charge in [-0.25, -0.2) is 4.98 Å². The van der Waals surface area contributed by atoms with E-state index in [4.69, 9.17) is 4.42 Å². The average molecular weight is 349 g/mol. The van der Waals surface area contributed by atoms with Crippen LogP contribution in [0.3, 0.4) is 0 Å². The van der Waals surface area contributed by atoms with Gasteiger partial charge in [0.05, 0.1) is 12.6 Å². The largest absolute Gasteiger partial charge is 0.462 e. The molecule has 1 unspecified atom stereocenters. The molecule has 1 amide bonds. The van der Waals surface area contributed by atoms with E-state index in [0.717, 1.165) is 36.6 Å². The normalized spacial score (nSPS) is 16.8. The molecule has 7 heteroatoms. The molecule has 1 atom stereocenters. The van der Waals surface area contributed by atoms with Crippen LogP contribution in [-0.2, 0) is 11.3 Å². The predicted molar refractivity (Wildman–Crippen MR) is 95.5 cm³/mol. The lowest BCUT2D eigenvalue weighted by molar-refractivity contribution is -0.119. The second-order valence-electron chi connectivity index (χ2n) is 6.39. The number of carbonyl (C=O) groups excluding carboxylic acids is 1. The lowest BCUT2D eigenvalue weighted by atomic mass is 10.1. The van der Waals surface area contributed by atoms with Gasteiger partial charge in [-0.05, 0) is 37.1 Å². The number of amides is 1. The van der Waals surface area contributed by atoms with E-state index < -0.39 is 0 Å². The Kier molecular flexibility index (Phi) is 4.09. The number of nitrogens with zero attached hydrogens (tertiary/aromatic N) is 4. The van der Waals surface area contributed by atoms with Crippen LogP contribution in [0.25, 0.3) is 5.65 Å². The number of furan rings is 1. The number of hydrogen-bond donors (Lipinski definition) is 1. The number of rotatable bonds is 4. The Bertz CT molecular complexity index is 997. The summed E-state index contributed by atoms with van der Waals surface area (Å²) in [4.78, 5) is 17.9. The molecular weight excluding hydrogens is 330 g/mol. The summed E-state index contributed by atoms with van der Waals surface area (Å²) < 4.78 is 7.76. The molecule has 1 saturated heterocycles. The standard InChI is InChI=1S/C19H19N5O2/c1-13(25)21-12-14-7-8-17(26-14)15-5-4-10-24(15)19-16(11-20)23-9-3-2-6-18(23)22-19/h2-3,6-9,15H,4-5,10,12H2,1H3,(H,21,25). The van der Waals surface area contributed by atoms with Crippen molar-refractivity contribution in [2.45, 2.75) is 32.4 Å². The minimum atomic E-state index is -0.0891. The molecule has 0 bridgehead atoms. The van der Waals surface area contributed by atoms with Crippen LogP contribution >= 0.6 is 0 Å². The zero-order chi connectivity index (χ0) is 18.1. The molecule has 1 N–H and O–H groups in total. The first-order chi connectivity index (χ1) is 12.7. The van der Waals surface area contributed by atoms with E-state index in [2.05, 4.69) is 21.3 Å². The Balaban J connectivity index is 1.65. The molecule has 1 aliphatic rings. The van der Waals surface area contributed by atoms with Crippen LogP contribution in [-0.4, -0.2) is 21.8 Å². The summed E-state index contributed by atoms with van der Waals surface area (Å²) >= 11 is 0. The molecule has 26 heavy (non-hydrogen) atoms. The third-order valence-electron chi connectivity index (χ3n) is 4.66. The molecule has 0 aliphatic carbocycles. The number of imidazole rings is 1. The molecule has 0 spiro atoms. The molecule has 4 rings (SSSR count). The maximum atomic E-state index is 11.1. The van der Waals surface area contributed by atoms with Crippen LogP contribution in [0, 0.1) is 11.3 Å². The van der Waals surface area contributed by atoms with Crippen molar-refractivity contribution in [3.05, 3.63) is 53.7 Å². The smallest absolute Gasteiger partial charge is 0.217 e. The SMILES string of the molecule is CC(=O)NCc1ccc(C2CCCN2c2nc3ccccn3c2C#N)o1. The summed E-state index contributed by atoms with van der Waals surface area (Å²) in [5, 5.41) is 12.4. The fourth-order valence-corrected chi connectivity index (χ4v) is 3.48. The van der Waals surface area contributed by atoms with Gasteiger partial charge in [-0.3, -0.25) is 9.20 Å². The van der Waals surface area contributed by atoms with Crippen molar-refractivity contribution in [1.29, 1.82) is 5.26 Å². The fourth-order valence-electron chi connectivity index (χ4n) is 3.48. The van der Waals surface area contributed by atoms with Gasteiger partial charge in [0.15, 0.2) is 11.5 Å². The lowest BCUT2D eigenvalue weighted by Gasteiger charge is -2.23. The van der Waals surface area contributed by atoms with Crippen molar-refractivity contribution >= 4 is 17.4 Å². The van der Waals surface area contributed by atoms with Gasteiger partial charge in [0.1, 0.15) is 23.2 Å². The van der Waals surface area contributed by atoms with Gasteiger partial charge >= 0.3 is 0 Å². The minimum absolute atomic E-state index is 0.0399. The maximum Gasteiger partial charge on any atom is 0.217 e. The summed E-state index contributed by atoms with van der Waals surface area (Å²) in [6, 6.07) is 11.9. The zero-order valence-corrected chi connectivity index (χ0v) is 14.5. The van der Waals surface area contributed by atoms with Gasteiger partial charge in [0.25, 0.3) is 0 Å². The highest BCUT2D eigenvalue weighted by molar-refractivity contribution is 5.72. The number of aromatic nitrogens is 2. The highest BCUT2D eigenvalue weighted by Crippen LogP contribution is 2.38. The van der Waals surface area contributed by atoms with Gasteiger partial charge in [-0.2, -0.15) is 5.26 Å². The van der Waals surface area contributed by atoms with E-state index in [0.29, 0.717) is 18.1 Å². The first-order valence-electron chi connectivity index (χ1n) is 8.64. The number of hydrogen-bond acceptors (Lipinski definition) is 5. The highest BCUT2D eigenvalue weighted by Gasteiger charge is 2.32. The molecule has 1 fully saturated rings. The first-order valence-corrected chi connectivity index (χ1v) is 8.64. The second-order valence-corrected chi connectivity index (χ2v) is 6.39. The Morgan fingerprint density at radius 3 is 3.12 bits per heavy atom. The van der Waals surface area contributed by atoms with Crippen LogP contribution in [0.5, 0.6) is 0 Å². The van der Waals surface area contributed by atoms with Gasteiger partial charge < -0.3 is 14.6 Å². The van der Waals surface area contributed by atoms with Crippen LogP contribution in [0.15, 0.2) is 40.9 Å². The number of nitrogens with one attached hydrogen (secondary N) is 1. The van der Waals surface area contributed by atoms with Crippen molar-refractivity contribution in [3.8, 4) is 6.07 Å². The van der Waals surface area contributed by atoms with E-state index in [-0.39, 0.29) is 11.9 Å². The van der Waals surface area contributed by atoms with Gasteiger partial charge in [-0.15, -0.1) is 0 Å². The molecular formula is C19H19N5O2. The quantitative estimate of drug-likeness (QED) is 0.783.